The van der Waals surface area contributed by atoms with Gasteiger partial charge in [0.1, 0.15) is 18.0 Å². The van der Waals surface area contributed by atoms with E-state index in [1.54, 1.807) is 12.0 Å². The molecule has 2 aromatic carbocycles. The molecule has 1 fully saturated rings. The van der Waals surface area contributed by atoms with Gasteiger partial charge in [0, 0.05) is 18.4 Å². The summed E-state index contributed by atoms with van der Waals surface area (Å²) in [5.41, 5.74) is 7.58. The maximum Gasteiger partial charge on any atom is 0.277 e. The van der Waals surface area contributed by atoms with Gasteiger partial charge in [-0.2, -0.15) is 5.10 Å². The molecule has 1 amide bonds. The van der Waals surface area contributed by atoms with Gasteiger partial charge < -0.3 is 14.4 Å². The number of carbonyl (C=O) groups excluding carboxylic acids is 1. The van der Waals surface area contributed by atoms with Crippen LogP contribution < -0.4 is 19.8 Å². The summed E-state index contributed by atoms with van der Waals surface area (Å²) in [5, 5.41) is 4.26. The lowest BCUT2D eigenvalue weighted by Gasteiger charge is -2.15. The molecular formula is C24H32N3O3+. The van der Waals surface area contributed by atoms with Crippen molar-refractivity contribution in [2.75, 3.05) is 26.8 Å². The molecule has 0 aliphatic carbocycles. The molecule has 6 nitrogen and oxygen atoms in total. The molecule has 0 atom stereocenters. The maximum atomic E-state index is 12.2. The number of nitrogens with one attached hydrogen (secondary N) is 2. The van der Waals surface area contributed by atoms with Crippen molar-refractivity contribution >= 4 is 11.6 Å². The number of likely N-dealkylation sites (tertiary alicyclic amines) is 1. The highest BCUT2D eigenvalue weighted by molar-refractivity contribution is 5.99. The van der Waals surface area contributed by atoms with Crippen molar-refractivity contribution in [3.8, 4) is 11.5 Å². The lowest BCUT2D eigenvalue weighted by molar-refractivity contribution is -0.901. The molecule has 0 spiro atoms. The van der Waals surface area contributed by atoms with E-state index in [9.17, 15) is 4.79 Å². The van der Waals surface area contributed by atoms with Crippen molar-refractivity contribution in [1.82, 2.24) is 5.43 Å². The smallest absolute Gasteiger partial charge is 0.277 e. The first-order chi connectivity index (χ1) is 14.5. The van der Waals surface area contributed by atoms with Gasteiger partial charge in [-0.1, -0.05) is 12.1 Å². The summed E-state index contributed by atoms with van der Waals surface area (Å²) in [5.74, 6) is 1.33. The van der Waals surface area contributed by atoms with Crippen LogP contribution in [0.1, 0.15) is 42.0 Å². The number of carbonyl (C=O) groups is 1. The lowest BCUT2D eigenvalue weighted by Crippen LogP contribution is -3.08. The normalized spacial score (nSPS) is 14.6. The van der Waals surface area contributed by atoms with Crippen molar-refractivity contribution in [3.63, 3.8) is 0 Å². The van der Waals surface area contributed by atoms with E-state index in [0.717, 1.165) is 40.4 Å². The molecule has 1 aliphatic rings. The van der Waals surface area contributed by atoms with Gasteiger partial charge in [0.15, 0.2) is 6.61 Å². The van der Waals surface area contributed by atoms with Crippen LogP contribution in [-0.4, -0.2) is 38.4 Å². The third-order valence-electron chi connectivity index (χ3n) is 5.50. The van der Waals surface area contributed by atoms with E-state index in [-0.39, 0.29) is 12.5 Å². The fraction of sp³-hybridized carbons (Fsp3) is 0.417. The molecule has 0 saturated carbocycles. The van der Waals surface area contributed by atoms with Gasteiger partial charge in [-0.05, 0) is 61.7 Å². The fourth-order valence-electron chi connectivity index (χ4n) is 3.71. The summed E-state index contributed by atoms with van der Waals surface area (Å²) in [7, 11) is 1.70. The first-order valence-electron chi connectivity index (χ1n) is 10.5. The molecule has 1 saturated heterocycles. The number of quaternary nitrogens is 1. The second kappa shape index (κ2) is 10.3. The summed E-state index contributed by atoms with van der Waals surface area (Å²) in [4.78, 5) is 13.8. The highest BCUT2D eigenvalue weighted by Crippen LogP contribution is 2.20. The minimum Gasteiger partial charge on any atom is -0.496 e. The van der Waals surface area contributed by atoms with E-state index in [1.165, 1.54) is 31.5 Å². The van der Waals surface area contributed by atoms with Crippen LogP contribution in [-0.2, 0) is 11.3 Å². The van der Waals surface area contributed by atoms with Gasteiger partial charge in [-0.15, -0.1) is 0 Å². The third-order valence-corrected chi connectivity index (χ3v) is 5.50. The number of ether oxygens (including phenoxy) is 2. The number of rotatable bonds is 8. The molecular weight excluding hydrogens is 378 g/mol. The second-order valence-electron chi connectivity index (χ2n) is 7.95. The number of hydrogen-bond donors (Lipinski definition) is 2. The average molecular weight is 411 g/mol. The van der Waals surface area contributed by atoms with Crippen LogP contribution in [0.3, 0.4) is 0 Å². The topological polar surface area (TPSA) is 64.4 Å². The standard InChI is InChI=1S/C24H31N3O3/c1-17-7-8-18(2)23(13-17)30-16-24(28)26-25-19(3)20-9-10-22(29-4)21(14-20)15-27-11-5-6-12-27/h7-10,13-14H,5-6,11-12,15-16H2,1-4H3,(H,26,28)/p+1/b25-19-. The Bertz CT molecular complexity index is 918. The Labute approximate surface area is 178 Å². The van der Waals surface area contributed by atoms with Crippen molar-refractivity contribution in [3.05, 3.63) is 58.7 Å². The minimum atomic E-state index is -0.287. The molecule has 0 radical (unpaired) electrons. The zero-order valence-corrected chi connectivity index (χ0v) is 18.4. The molecule has 6 heteroatoms. The van der Waals surface area contributed by atoms with Gasteiger partial charge in [0.2, 0.25) is 0 Å². The fourth-order valence-corrected chi connectivity index (χ4v) is 3.71. The van der Waals surface area contributed by atoms with Crippen LogP contribution in [0.2, 0.25) is 0 Å². The minimum absolute atomic E-state index is 0.0761. The van der Waals surface area contributed by atoms with Gasteiger partial charge in [-0.3, -0.25) is 4.79 Å². The number of aryl methyl sites for hydroxylation is 2. The second-order valence-corrected chi connectivity index (χ2v) is 7.95. The van der Waals surface area contributed by atoms with Crippen LogP contribution in [0.25, 0.3) is 0 Å². The molecule has 30 heavy (non-hydrogen) atoms. The van der Waals surface area contributed by atoms with E-state index in [2.05, 4.69) is 16.6 Å². The maximum absolute atomic E-state index is 12.2. The summed E-state index contributed by atoms with van der Waals surface area (Å²) in [6, 6.07) is 12.0. The number of hydrogen-bond acceptors (Lipinski definition) is 4. The van der Waals surface area contributed by atoms with E-state index >= 15 is 0 Å². The Hall–Kier alpha value is -2.86. The number of hydrazone groups is 1. The number of amides is 1. The van der Waals surface area contributed by atoms with Crippen LogP contribution in [0.5, 0.6) is 11.5 Å². The van der Waals surface area contributed by atoms with E-state index in [0.29, 0.717) is 0 Å². The number of benzene rings is 2. The molecule has 2 aromatic rings. The molecule has 0 unspecified atom stereocenters. The quantitative estimate of drug-likeness (QED) is 0.519. The van der Waals surface area contributed by atoms with Crippen LogP contribution >= 0.6 is 0 Å². The zero-order valence-electron chi connectivity index (χ0n) is 18.4. The predicted octanol–water partition coefficient (Wildman–Crippen LogP) is 2.41. The molecule has 1 aliphatic heterocycles. The summed E-state index contributed by atoms with van der Waals surface area (Å²) >= 11 is 0. The Kier molecular flexibility index (Phi) is 7.46. The van der Waals surface area contributed by atoms with Crippen molar-refractivity contribution < 1.29 is 19.2 Å². The van der Waals surface area contributed by atoms with Crippen LogP contribution in [0.15, 0.2) is 41.5 Å². The summed E-state index contributed by atoms with van der Waals surface area (Å²) < 4.78 is 11.2. The zero-order chi connectivity index (χ0) is 21.5. The molecule has 3 rings (SSSR count). The van der Waals surface area contributed by atoms with Crippen molar-refractivity contribution in [2.24, 2.45) is 5.10 Å². The first kappa shape index (κ1) is 21.8. The summed E-state index contributed by atoms with van der Waals surface area (Å²) in [6.07, 6.45) is 2.57. The molecule has 2 N–H and O–H groups in total. The molecule has 1 heterocycles. The van der Waals surface area contributed by atoms with E-state index < -0.39 is 0 Å². The van der Waals surface area contributed by atoms with E-state index in [4.69, 9.17) is 9.47 Å². The van der Waals surface area contributed by atoms with Gasteiger partial charge in [-0.25, -0.2) is 5.43 Å². The molecule has 0 bridgehead atoms. The third kappa shape index (κ3) is 5.83. The lowest BCUT2D eigenvalue weighted by atomic mass is 10.1. The van der Waals surface area contributed by atoms with Crippen molar-refractivity contribution in [1.29, 1.82) is 0 Å². The van der Waals surface area contributed by atoms with Crippen molar-refractivity contribution in [2.45, 2.75) is 40.2 Å². The Morgan fingerprint density at radius 1 is 1.10 bits per heavy atom. The molecule has 160 valence electrons. The average Bonchev–Trinajstić information content (AvgIpc) is 3.25. The van der Waals surface area contributed by atoms with Crippen LogP contribution in [0, 0.1) is 13.8 Å². The first-order valence-corrected chi connectivity index (χ1v) is 10.5. The van der Waals surface area contributed by atoms with Crippen LogP contribution in [0.4, 0.5) is 0 Å². The predicted molar refractivity (Wildman–Crippen MR) is 118 cm³/mol. The Morgan fingerprint density at radius 3 is 2.60 bits per heavy atom. The highest BCUT2D eigenvalue weighted by atomic mass is 16.5. The van der Waals surface area contributed by atoms with Gasteiger partial charge >= 0.3 is 0 Å². The largest absolute Gasteiger partial charge is 0.496 e. The van der Waals surface area contributed by atoms with Gasteiger partial charge in [0.05, 0.1) is 25.9 Å². The molecule has 0 aromatic heterocycles. The number of methoxy groups -OCH3 is 1. The monoisotopic (exact) mass is 410 g/mol. The van der Waals surface area contributed by atoms with E-state index in [1.807, 2.05) is 51.1 Å². The Morgan fingerprint density at radius 2 is 1.87 bits per heavy atom. The highest BCUT2D eigenvalue weighted by Gasteiger charge is 2.18. The SMILES string of the molecule is COc1ccc(/C(C)=N\NC(=O)COc2cc(C)ccc2C)cc1C[NH+]1CCCC1. The number of nitrogens with zero attached hydrogens (tertiary/aromatic N) is 1. The summed E-state index contributed by atoms with van der Waals surface area (Å²) in [6.45, 7) is 9.12. The van der Waals surface area contributed by atoms with Gasteiger partial charge in [0.25, 0.3) is 5.91 Å². The Balaban J connectivity index is 1.61.